The Hall–Kier alpha value is -0.900. The molecule has 0 amide bonds. The largest absolute Gasteiger partial charge is 0.385 e. The number of guanidine groups is 1. The van der Waals surface area contributed by atoms with Crippen molar-refractivity contribution in [1.82, 2.24) is 25.4 Å². The molecule has 1 aliphatic heterocycles. The van der Waals surface area contributed by atoms with E-state index < -0.39 is 0 Å². The molecule has 27 heavy (non-hydrogen) atoms. The zero-order chi connectivity index (χ0) is 18.2. The van der Waals surface area contributed by atoms with Gasteiger partial charge in [-0.15, -0.1) is 34.2 Å². The van der Waals surface area contributed by atoms with E-state index >= 15 is 0 Å². The molecular weight excluding hydrogens is 455 g/mol. The van der Waals surface area contributed by atoms with Crippen LogP contribution in [0.5, 0.6) is 0 Å². The van der Waals surface area contributed by atoms with E-state index in [1.807, 2.05) is 7.05 Å². The summed E-state index contributed by atoms with van der Waals surface area (Å²) in [6.07, 6.45) is 11.1. The second kappa shape index (κ2) is 11.2. The van der Waals surface area contributed by atoms with Crippen LogP contribution in [0.25, 0.3) is 0 Å². The zero-order valence-electron chi connectivity index (χ0n) is 16.8. The third kappa shape index (κ3) is 6.04. The summed E-state index contributed by atoms with van der Waals surface area (Å²) in [5.74, 6) is 2.99. The van der Waals surface area contributed by atoms with Gasteiger partial charge in [0.25, 0.3) is 0 Å². The van der Waals surface area contributed by atoms with Gasteiger partial charge in [0, 0.05) is 40.3 Å². The van der Waals surface area contributed by atoms with E-state index in [0.29, 0.717) is 12.0 Å². The average Bonchev–Trinajstić information content (AvgIpc) is 3.21. The molecular formula is C19H35IN6O. The van der Waals surface area contributed by atoms with Crippen molar-refractivity contribution in [2.45, 2.75) is 70.9 Å². The van der Waals surface area contributed by atoms with Gasteiger partial charge in [-0.1, -0.05) is 19.3 Å². The summed E-state index contributed by atoms with van der Waals surface area (Å²) in [7, 11) is 3.62. The summed E-state index contributed by atoms with van der Waals surface area (Å²) in [6.45, 7) is 3.48. The fourth-order valence-corrected chi connectivity index (χ4v) is 4.29. The third-order valence-corrected chi connectivity index (χ3v) is 5.96. The molecule has 0 atom stereocenters. The minimum Gasteiger partial charge on any atom is -0.385 e. The molecule has 1 aromatic heterocycles. The summed E-state index contributed by atoms with van der Waals surface area (Å²) in [4.78, 5) is 4.40. The smallest absolute Gasteiger partial charge is 0.191 e. The standard InChI is InChI=1S/C19H34N6O.HI/c1-20-18(22-15-19(11-13-26-2)9-5-6-10-19)21-14-17-24-23-16-8-4-3-7-12-25(16)17;/h3-15H2,1-2H3,(H2,20,21,22);1H. The van der Waals surface area contributed by atoms with Crippen molar-refractivity contribution < 1.29 is 4.74 Å². The van der Waals surface area contributed by atoms with Gasteiger partial charge < -0.3 is 19.9 Å². The number of aryl methyl sites for hydroxylation is 1. The normalized spacial score (nSPS) is 19.1. The van der Waals surface area contributed by atoms with Crippen LogP contribution in [0.15, 0.2) is 4.99 Å². The molecule has 1 aliphatic carbocycles. The van der Waals surface area contributed by atoms with Gasteiger partial charge in [-0.25, -0.2) is 0 Å². The minimum absolute atomic E-state index is 0. The van der Waals surface area contributed by atoms with E-state index in [4.69, 9.17) is 4.74 Å². The van der Waals surface area contributed by atoms with Crippen LogP contribution in [0.3, 0.4) is 0 Å². The topological polar surface area (TPSA) is 76.4 Å². The number of nitrogens with one attached hydrogen (secondary N) is 2. The second-order valence-corrected chi connectivity index (χ2v) is 7.72. The first-order chi connectivity index (χ1) is 12.8. The Morgan fingerprint density at radius 3 is 2.70 bits per heavy atom. The first-order valence-corrected chi connectivity index (χ1v) is 10.1. The molecule has 0 saturated heterocycles. The Kier molecular flexibility index (Phi) is 9.28. The lowest BCUT2D eigenvalue weighted by Crippen LogP contribution is -2.43. The Bertz CT molecular complexity index is 597. The molecule has 8 heteroatoms. The fourth-order valence-electron chi connectivity index (χ4n) is 4.29. The van der Waals surface area contributed by atoms with Gasteiger partial charge in [-0.3, -0.25) is 4.99 Å². The Labute approximate surface area is 180 Å². The highest BCUT2D eigenvalue weighted by Gasteiger charge is 2.33. The molecule has 0 radical (unpaired) electrons. The van der Waals surface area contributed by atoms with E-state index in [9.17, 15) is 0 Å². The van der Waals surface area contributed by atoms with Crippen LogP contribution in [0, 0.1) is 5.41 Å². The second-order valence-electron chi connectivity index (χ2n) is 7.72. The highest BCUT2D eigenvalue weighted by Crippen LogP contribution is 2.40. The molecule has 154 valence electrons. The van der Waals surface area contributed by atoms with Crippen molar-refractivity contribution in [2.75, 3.05) is 27.3 Å². The SMILES string of the molecule is CN=C(NCc1nnc2n1CCCCC2)NCC1(CCOC)CCCC1.I. The number of ether oxygens (including phenoxy) is 1. The van der Waals surface area contributed by atoms with Crippen molar-refractivity contribution in [1.29, 1.82) is 0 Å². The molecule has 1 saturated carbocycles. The van der Waals surface area contributed by atoms with E-state index in [0.717, 1.165) is 50.1 Å². The molecule has 2 aliphatic rings. The van der Waals surface area contributed by atoms with Gasteiger partial charge >= 0.3 is 0 Å². The molecule has 0 bridgehead atoms. The number of hydrogen-bond donors (Lipinski definition) is 2. The molecule has 0 unspecified atom stereocenters. The number of fused-ring (bicyclic) bond motifs is 1. The summed E-state index contributed by atoms with van der Waals surface area (Å²) in [5.41, 5.74) is 0.347. The Morgan fingerprint density at radius 2 is 1.96 bits per heavy atom. The van der Waals surface area contributed by atoms with E-state index in [1.54, 1.807) is 7.11 Å². The number of nitrogens with zero attached hydrogens (tertiary/aromatic N) is 4. The summed E-state index contributed by atoms with van der Waals surface area (Å²) in [6, 6.07) is 0. The highest BCUT2D eigenvalue weighted by atomic mass is 127. The van der Waals surface area contributed by atoms with Crippen LogP contribution in [0.2, 0.25) is 0 Å². The van der Waals surface area contributed by atoms with Crippen molar-refractivity contribution in [2.24, 2.45) is 10.4 Å². The number of methoxy groups -OCH3 is 1. The van der Waals surface area contributed by atoms with E-state index in [2.05, 4.69) is 30.4 Å². The van der Waals surface area contributed by atoms with Gasteiger partial charge in [0.1, 0.15) is 5.82 Å². The Balaban J connectivity index is 0.00000261. The maximum atomic E-state index is 5.33. The molecule has 0 aromatic carbocycles. The van der Waals surface area contributed by atoms with Crippen molar-refractivity contribution in [3.8, 4) is 0 Å². The number of hydrogen-bond acceptors (Lipinski definition) is 4. The number of rotatable bonds is 7. The molecule has 3 rings (SSSR count). The first-order valence-electron chi connectivity index (χ1n) is 10.1. The molecule has 2 heterocycles. The van der Waals surface area contributed by atoms with Gasteiger partial charge in [0.05, 0.1) is 6.54 Å². The molecule has 7 nitrogen and oxygen atoms in total. The third-order valence-electron chi connectivity index (χ3n) is 5.96. The lowest BCUT2D eigenvalue weighted by Gasteiger charge is -2.29. The van der Waals surface area contributed by atoms with E-state index in [-0.39, 0.29) is 24.0 Å². The van der Waals surface area contributed by atoms with Crippen molar-refractivity contribution in [3.63, 3.8) is 0 Å². The predicted octanol–water partition coefficient (Wildman–Crippen LogP) is 2.88. The number of halogens is 1. The van der Waals surface area contributed by atoms with Crippen LogP contribution < -0.4 is 10.6 Å². The van der Waals surface area contributed by atoms with Crippen LogP contribution in [-0.2, 0) is 24.2 Å². The van der Waals surface area contributed by atoms with Gasteiger partial charge in [-0.05, 0) is 37.5 Å². The summed E-state index contributed by atoms with van der Waals surface area (Å²) < 4.78 is 7.61. The predicted molar refractivity (Wildman–Crippen MR) is 119 cm³/mol. The zero-order valence-corrected chi connectivity index (χ0v) is 19.1. The quantitative estimate of drug-likeness (QED) is 0.349. The lowest BCUT2D eigenvalue weighted by atomic mass is 9.83. The average molecular weight is 490 g/mol. The minimum atomic E-state index is 0. The monoisotopic (exact) mass is 490 g/mol. The van der Waals surface area contributed by atoms with Gasteiger partial charge in [0.15, 0.2) is 11.8 Å². The van der Waals surface area contributed by atoms with Crippen LogP contribution in [0.1, 0.15) is 63.0 Å². The van der Waals surface area contributed by atoms with Crippen LogP contribution in [-0.4, -0.2) is 48.0 Å². The lowest BCUT2D eigenvalue weighted by molar-refractivity contribution is 0.138. The summed E-state index contributed by atoms with van der Waals surface area (Å²) in [5, 5.41) is 15.7. The Morgan fingerprint density at radius 1 is 1.15 bits per heavy atom. The van der Waals surface area contributed by atoms with Crippen molar-refractivity contribution >= 4 is 29.9 Å². The molecule has 1 fully saturated rings. The number of aromatic nitrogens is 3. The van der Waals surface area contributed by atoms with E-state index in [1.165, 1.54) is 44.9 Å². The maximum Gasteiger partial charge on any atom is 0.191 e. The fraction of sp³-hybridized carbons (Fsp3) is 0.842. The highest BCUT2D eigenvalue weighted by molar-refractivity contribution is 14.0. The van der Waals surface area contributed by atoms with Crippen molar-refractivity contribution in [3.05, 3.63) is 11.6 Å². The molecule has 2 N–H and O–H groups in total. The van der Waals surface area contributed by atoms with Gasteiger partial charge in [-0.2, -0.15) is 0 Å². The van der Waals surface area contributed by atoms with Crippen LogP contribution in [0.4, 0.5) is 0 Å². The number of aliphatic imine (C=N–C) groups is 1. The van der Waals surface area contributed by atoms with Crippen LogP contribution >= 0.6 is 24.0 Å². The first kappa shape index (κ1) is 22.4. The maximum absolute atomic E-state index is 5.33. The van der Waals surface area contributed by atoms with Gasteiger partial charge in [0.2, 0.25) is 0 Å². The molecule has 0 spiro atoms. The molecule has 1 aromatic rings. The summed E-state index contributed by atoms with van der Waals surface area (Å²) >= 11 is 0.